The molecular formula is C16H18BrNO2. The Labute approximate surface area is 127 Å². The van der Waals surface area contributed by atoms with Gasteiger partial charge in [-0.05, 0) is 46.1 Å². The molecule has 0 aromatic heterocycles. The molecule has 1 atom stereocenters. The van der Waals surface area contributed by atoms with E-state index in [1.165, 1.54) is 0 Å². The summed E-state index contributed by atoms with van der Waals surface area (Å²) in [5.41, 5.74) is 0. The molecule has 2 aromatic carbocycles. The maximum atomic E-state index is 11.7. The molecule has 0 spiro atoms. The van der Waals surface area contributed by atoms with Gasteiger partial charge >= 0.3 is 0 Å². The zero-order valence-corrected chi connectivity index (χ0v) is 13.2. The molecule has 106 valence electrons. The van der Waals surface area contributed by atoms with E-state index >= 15 is 0 Å². The lowest BCUT2D eigenvalue weighted by Gasteiger charge is -2.13. The van der Waals surface area contributed by atoms with Gasteiger partial charge in [-0.2, -0.15) is 0 Å². The van der Waals surface area contributed by atoms with Crippen LogP contribution in [0.3, 0.4) is 0 Å². The van der Waals surface area contributed by atoms with E-state index in [0.29, 0.717) is 5.75 Å². The van der Waals surface area contributed by atoms with Gasteiger partial charge in [0.15, 0.2) is 6.61 Å². The zero-order chi connectivity index (χ0) is 14.5. The second kappa shape index (κ2) is 6.75. The molecule has 0 aliphatic heterocycles. The highest BCUT2D eigenvalue weighted by Gasteiger charge is 2.09. The van der Waals surface area contributed by atoms with Crippen molar-refractivity contribution in [2.24, 2.45) is 0 Å². The minimum absolute atomic E-state index is 0.0290. The number of nitrogens with one attached hydrogen (secondary N) is 1. The summed E-state index contributed by atoms with van der Waals surface area (Å²) < 4.78 is 6.47. The second-order valence-corrected chi connectivity index (χ2v) is 5.56. The molecule has 0 aliphatic rings. The van der Waals surface area contributed by atoms with Crippen LogP contribution < -0.4 is 10.1 Å². The fraction of sp³-hybridized carbons (Fsp3) is 0.312. The number of carbonyl (C=O) groups excluding carboxylic acids is 1. The molecule has 0 unspecified atom stereocenters. The number of hydrogen-bond donors (Lipinski definition) is 1. The Morgan fingerprint density at radius 3 is 2.80 bits per heavy atom. The molecule has 0 saturated heterocycles. The van der Waals surface area contributed by atoms with Crippen molar-refractivity contribution >= 4 is 32.6 Å². The lowest BCUT2D eigenvalue weighted by Crippen LogP contribution is -2.35. The number of benzene rings is 2. The first-order valence-corrected chi connectivity index (χ1v) is 7.50. The van der Waals surface area contributed by atoms with Crippen molar-refractivity contribution in [1.29, 1.82) is 0 Å². The Balaban J connectivity index is 2.07. The molecule has 2 aromatic rings. The van der Waals surface area contributed by atoms with E-state index in [2.05, 4.69) is 21.2 Å². The summed E-state index contributed by atoms with van der Waals surface area (Å²) in [6, 6.07) is 12.1. The Morgan fingerprint density at radius 1 is 1.30 bits per heavy atom. The van der Waals surface area contributed by atoms with E-state index in [-0.39, 0.29) is 18.6 Å². The molecule has 0 saturated carbocycles. The van der Waals surface area contributed by atoms with Gasteiger partial charge in [-0.25, -0.2) is 0 Å². The third kappa shape index (κ3) is 3.51. The number of amides is 1. The van der Waals surface area contributed by atoms with Crippen LogP contribution in [0.1, 0.15) is 20.3 Å². The normalized spacial score (nSPS) is 12.2. The van der Waals surface area contributed by atoms with Gasteiger partial charge in [-0.3, -0.25) is 4.79 Å². The Kier molecular flexibility index (Phi) is 5.01. The number of rotatable bonds is 5. The van der Waals surface area contributed by atoms with Crippen LogP contribution in [0.2, 0.25) is 0 Å². The van der Waals surface area contributed by atoms with Crippen molar-refractivity contribution in [1.82, 2.24) is 5.32 Å². The molecule has 20 heavy (non-hydrogen) atoms. The average molecular weight is 336 g/mol. The highest BCUT2D eigenvalue weighted by atomic mass is 79.9. The van der Waals surface area contributed by atoms with Crippen LogP contribution in [0.5, 0.6) is 5.75 Å². The van der Waals surface area contributed by atoms with Crippen molar-refractivity contribution in [3.63, 3.8) is 0 Å². The summed E-state index contributed by atoms with van der Waals surface area (Å²) >= 11 is 3.54. The van der Waals surface area contributed by atoms with Gasteiger partial charge in [0.2, 0.25) is 0 Å². The van der Waals surface area contributed by atoms with Crippen LogP contribution >= 0.6 is 15.9 Å². The zero-order valence-electron chi connectivity index (χ0n) is 11.7. The standard InChI is InChI=1S/C16H18BrNO2/c1-3-11(2)18-15(19)10-20-14-9-8-12-6-4-5-7-13(12)16(14)17/h4-9,11H,3,10H2,1-2H3,(H,18,19)/t11-/m1/s1. The maximum absolute atomic E-state index is 11.7. The minimum atomic E-state index is -0.0978. The van der Waals surface area contributed by atoms with Gasteiger partial charge in [0, 0.05) is 6.04 Å². The molecule has 0 aliphatic carbocycles. The van der Waals surface area contributed by atoms with Crippen molar-refractivity contribution in [2.75, 3.05) is 6.61 Å². The van der Waals surface area contributed by atoms with E-state index in [4.69, 9.17) is 4.74 Å². The summed E-state index contributed by atoms with van der Waals surface area (Å²) in [6.07, 6.45) is 0.908. The van der Waals surface area contributed by atoms with Gasteiger partial charge in [0.1, 0.15) is 5.75 Å². The molecule has 0 fully saturated rings. The molecule has 0 heterocycles. The molecule has 1 amide bonds. The van der Waals surface area contributed by atoms with Gasteiger partial charge in [0.25, 0.3) is 5.91 Å². The number of hydrogen-bond acceptors (Lipinski definition) is 2. The number of ether oxygens (including phenoxy) is 1. The SMILES string of the molecule is CC[C@@H](C)NC(=O)COc1ccc2ccccc2c1Br. The van der Waals surface area contributed by atoms with Gasteiger partial charge < -0.3 is 10.1 Å². The summed E-state index contributed by atoms with van der Waals surface area (Å²) in [5.74, 6) is 0.586. The smallest absolute Gasteiger partial charge is 0.258 e. The molecular weight excluding hydrogens is 318 g/mol. The van der Waals surface area contributed by atoms with Gasteiger partial charge in [-0.1, -0.05) is 37.3 Å². The molecule has 4 heteroatoms. The highest BCUT2D eigenvalue weighted by Crippen LogP contribution is 2.32. The van der Waals surface area contributed by atoms with E-state index in [9.17, 15) is 4.79 Å². The van der Waals surface area contributed by atoms with Crippen LogP contribution in [-0.2, 0) is 4.79 Å². The number of carbonyl (C=O) groups is 1. The van der Waals surface area contributed by atoms with Crippen LogP contribution in [0.4, 0.5) is 0 Å². The van der Waals surface area contributed by atoms with Crippen molar-refractivity contribution < 1.29 is 9.53 Å². The molecule has 3 nitrogen and oxygen atoms in total. The van der Waals surface area contributed by atoms with Crippen LogP contribution in [-0.4, -0.2) is 18.6 Å². The first-order valence-electron chi connectivity index (χ1n) is 6.71. The monoisotopic (exact) mass is 335 g/mol. The quantitative estimate of drug-likeness (QED) is 0.899. The lowest BCUT2D eigenvalue weighted by atomic mass is 10.1. The van der Waals surface area contributed by atoms with Crippen molar-refractivity contribution in [3.05, 3.63) is 40.9 Å². The molecule has 2 rings (SSSR count). The molecule has 1 N–H and O–H groups in total. The topological polar surface area (TPSA) is 38.3 Å². The van der Waals surface area contributed by atoms with Crippen LogP contribution in [0, 0.1) is 0 Å². The average Bonchev–Trinajstić information content (AvgIpc) is 2.46. The van der Waals surface area contributed by atoms with Crippen molar-refractivity contribution in [2.45, 2.75) is 26.3 Å². The number of fused-ring (bicyclic) bond motifs is 1. The second-order valence-electron chi connectivity index (χ2n) is 4.76. The van der Waals surface area contributed by atoms with E-state index < -0.39 is 0 Å². The van der Waals surface area contributed by atoms with Gasteiger partial charge in [-0.15, -0.1) is 0 Å². The Morgan fingerprint density at radius 2 is 2.05 bits per heavy atom. The largest absolute Gasteiger partial charge is 0.483 e. The first kappa shape index (κ1) is 14.9. The predicted octanol–water partition coefficient (Wildman–Crippen LogP) is 3.90. The third-order valence-electron chi connectivity index (χ3n) is 3.21. The Hall–Kier alpha value is -1.55. The van der Waals surface area contributed by atoms with Crippen LogP contribution in [0.15, 0.2) is 40.9 Å². The van der Waals surface area contributed by atoms with E-state index in [0.717, 1.165) is 21.7 Å². The highest BCUT2D eigenvalue weighted by molar-refractivity contribution is 9.10. The summed E-state index contributed by atoms with van der Waals surface area (Å²) in [4.78, 5) is 11.7. The summed E-state index contributed by atoms with van der Waals surface area (Å²) in [7, 11) is 0. The van der Waals surface area contributed by atoms with Crippen molar-refractivity contribution in [3.8, 4) is 5.75 Å². The molecule has 0 bridgehead atoms. The first-order chi connectivity index (χ1) is 9.61. The summed E-state index contributed by atoms with van der Waals surface area (Å²) in [5, 5.41) is 5.09. The maximum Gasteiger partial charge on any atom is 0.258 e. The fourth-order valence-corrected chi connectivity index (χ4v) is 2.49. The predicted molar refractivity (Wildman–Crippen MR) is 85.0 cm³/mol. The minimum Gasteiger partial charge on any atom is -0.483 e. The van der Waals surface area contributed by atoms with Gasteiger partial charge in [0.05, 0.1) is 4.47 Å². The van der Waals surface area contributed by atoms with Crippen LogP contribution in [0.25, 0.3) is 10.8 Å². The van der Waals surface area contributed by atoms with E-state index in [1.54, 1.807) is 0 Å². The molecule has 0 radical (unpaired) electrons. The number of halogens is 1. The Bertz CT molecular complexity index is 612. The van der Waals surface area contributed by atoms with E-state index in [1.807, 2.05) is 50.2 Å². The fourth-order valence-electron chi connectivity index (χ4n) is 1.89. The lowest BCUT2D eigenvalue weighted by molar-refractivity contribution is -0.123. The summed E-state index contributed by atoms with van der Waals surface area (Å²) in [6.45, 7) is 4.04. The third-order valence-corrected chi connectivity index (χ3v) is 4.02.